The van der Waals surface area contributed by atoms with Crippen LogP contribution in [0.15, 0.2) is 17.4 Å². The van der Waals surface area contributed by atoms with Crippen molar-refractivity contribution in [3.05, 3.63) is 33.5 Å². The van der Waals surface area contributed by atoms with Gasteiger partial charge in [-0.25, -0.2) is 4.98 Å². The molecule has 2 rings (SSSR count). The van der Waals surface area contributed by atoms with Crippen molar-refractivity contribution in [2.75, 3.05) is 20.1 Å². The predicted molar refractivity (Wildman–Crippen MR) is 111 cm³/mol. The van der Waals surface area contributed by atoms with Crippen LogP contribution >= 0.6 is 35.3 Å². The van der Waals surface area contributed by atoms with Crippen LogP contribution in [0.1, 0.15) is 28.1 Å². The standard InChI is InChI=1S/C16H26N6S.HI/c1-6-17-16(21(4)10-14-9-19-22(5)11-14)18-8-7-15-12(2)20-13(3)23-15;/h9,11H,6-8,10H2,1-5H3,(H,17,18);1H. The molecule has 0 aliphatic rings. The average molecular weight is 462 g/mol. The molecule has 6 nitrogen and oxygen atoms in total. The number of hydrogen-bond acceptors (Lipinski definition) is 4. The molecule has 0 saturated heterocycles. The van der Waals surface area contributed by atoms with E-state index < -0.39 is 0 Å². The normalized spacial score (nSPS) is 11.3. The van der Waals surface area contributed by atoms with Gasteiger partial charge in [-0.3, -0.25) is 9.67 Å². The van der Waals surface area contributed by atoms with E-state index in [0.717, 1.165) is 42.7 Å². The van der Waals surface area contributed by atoms with Gasteiger partial charge in [-0.15, -0.1) is 35.3 Å². The quantitative estimate of drug-likeness (QED) is 0.408. The lowest BCUT2D eigenvalue weighted by molar-refractivity contribution is 0.477. The number of guanidine groups is 1. The minimum absolute atomic E-state index is 0. The van der Waals surface area contributed by atoms with Gasteiger partial charge in [-0.05, 0) is 20.8 Å². The van der Waals surface area contributed by atoms with Gasteiger partial charge in [0.15, 0.2) is 5.96 Å². The van der Waals surface area contributed by atoms with Gasteiger partial charge in [0.05, 0.1) is 16.9 Å². The number of nitrogens with one attached hydrogen (secondary N) is 1. The Morgan fingerprint density at radius 1 is 1.42 bits per heavy atom. The summed E-state index contributed by atoms with van der Waals surface area (Å²) in [7, 11) is 3.98. The van der Waals surface area contributed by atoms with Gasteiger partial charge in [-0.2, -0.15) is 5.10 Å². The predicted octanol–water partition coefficient (Wildman–Crippen LogP) is 2.75. The molecular formula is C16H27IN6S. The third-order valence-corrected chi connectivity index (χ3v) is 4.61. The van der Waals surface area contributed by atoms with Crippen molar-refractivity contribution in [1.82, 2.24) is 25.0 Å². The highest BCUT2D eigenvalue weighted by Gasteiger charge is 2.08. The number of aryl methyl sites for hydroxylation is 3. The van der Waals surface area contributed by atoms with E-state index >= 15 is 0 Å². The number of thiazole rings is 1. The molecule has 0 bridgehead atoms. The van der Waals surface area contributed by atoms with Crippen LogP contribution in [0, 0.1) is 13.8 Å². The molecular weight excluding hydrogens is 435 g/mol. The number of rotatable bonds is 6. The molecule has 0 unspecified atom stereocenters. The molecule has 0 atom stereocenters. The van der Waals surface area contributed by atoms with Crippen LogP contribution in [0.2, 0.25) is 0 Å². The molecule has 1 N–H and O–H groups in total. The van der Waals surface area contributed by atoms with Crippen LogP contribution in [0.4, 0.5) is 0 Å². The fourth-order valence-corrected chi connectivity index (χ4v) is 3.37. The zero-order chi connectivity index (χ0) is 16.8. The van der Waals surface area contributed by atoms with Crippen molar-refractivity contribution in [3.8, 4) is 0 Å². The van der Waals surface area contributed by atoms with E-state index in [1.54, 1.807) is 11.3 Å². The molecule has 0 aromatic carbocycles. The van der Waals surface area contributed by atoms with Gasteiger partial charge < -0.3 is 10.2 Å². The number of aliphatic imine (C=N–C) groups is 1. The van der Waals surface area contributed by atoms with Gasteiger partial charge >= 0.3 is 0 Å². The average Bonchev–Trinajstić information content (AvgIpc) is 3.03. The Labute approximate surface area is 165 Å². The highest BCUT2D eigenvalue weighted by molar-refractivity contribution is 14.0. The van der Waals surface area contributed by atoms with E-state index in [1.807, 2.05) is 24.1 Å². The molecule has 0 saturated carbocycles. The first-order valence-electron chi connectivity index (χ1n) is 7.89. The van der Waals surface area contributed by atoms with E-state index in [-0.39, 0.29) is 24.0 Å². The Morgan fingerprint density at radius 2 is 2.17 bits per heavy atom. The lowest BCUT2D eigenvalue weighted by atomic mass is 10.3. The van der Waals surface area contributed by atoms with E-state index in [4.69, 9.17) is 4.99 Å². The zero-order valence-corrected chi connectivity index (χ0v) is 18.2. The maximum atomic E-state index is 4.75. The van der Waals surface area contributed by atoms with E-state index in [9.17, 15) is 0 Å². The summed E-state index contributed by atoms with van der Waals surface area (Å²) in [4.78, 5) is 12.7. The van der Waals surface area contributed by atoms with Gasteiger partial charge in [0.25, 0.3) is 0 Å². The van der Waals surface area contributed by atoms with Gasteiger partial charge in [0.1, 0.15) is 0 Å². The number of aromatic nitrogens is 3. The summed E-state index contributed by atoms with van der Waals surface area (Å²) in [6.07, 6.45) is 4.86. The van der Waals surface area contributed by atoms with Crippen molar-refractivity contribution < 1.29 is 0 Å². The second-order valence-electron chi connectivity index (χ2n) is 5.61. The summed E-state index contributed by atoms with van der Waals surface area (Å²) in [5.41, 5.74) is 2.31. The van der Waals surface area contributed by atoms with Crippen LogP contribution in [-0.2, 0) is 20.0 Å². The molecule has 0 fully saturated rings. The Kier molecular flexibility index (Phi) is 8.68. The van der Waals surface area contributed by atoms with Gasteiger partial charge in [0.2, 0.25) is 0 Å². The fraction of sp³-hybridized carbons (Fsp3) is 0.562. The third kappa shape index (κ3) is 6.04. The summed E-state index contributed by atoms with van der Waals surface area (Å²) in [5, 5.41) is 8.69. The highest BCUT2D eigenvalue weighted by atomic mass is 127. The Hall–Kier alpha value is -1.16. The Morgan fingerprint density at radius 3 is 2.71 bits per heavy atom. The van der Waals surface area contributed by atoms with E-state index in [1.165, 1.54) is 10.4 Å². The summed E-state index contributed by atoms with van der Waals surface area (Å²) >= 11 is 1.77. The van der Waals surface area contributed by atoms with Crippen LogP contribution in [0.25, 0.3) is 0 Å². The second-order valence-corrected chi connectivity index (χ2v) is 6.89. The minimum atomic E-state index is 0. The molecule has 8 heteroatoms. The molecule has 0 amide bonds. The molecule has 0 aliphatic heterocycles. The van der Waals surface area contributed by atoms with E-state index in [2.05, 4.69) is 48.1 Å². The smallest absolute Gasteiger partial charge is 0.193 e. The first-order chi connectivity index (χ1) is 11.0. The fourth-order valence-electron chi connectivity index (χ4n) is 2.44. The van der Waals surface area contributed by atoms with Crippen molar-refractivity contribution in [2.24, 2.45) is 12.0 Å². The topological polar surface area (TPSA) is 58.3 Å². The molecule has 0 radical (unpaired) electrons. The third-order valence-electron chi connectivity index (χ3n) is 3.47. The van der Waals surface area contributed by atoms with Crippen molar-refractivity contribution in [2.45, 2.75) is 33.7 Å². The highest BCUT2D eigenvalue weighted by Crippen LogP contribution is 2.17. The molecule has 2 aromatic rings. The maximum Gasteiger partial charge on any atom is 0.193 e. The Bertz CT molecular complexity index is 663. The second kappa shape index (κ2) is 9.97. The van der Waals surface area contributed by atoms with Gasteiger partial charge in [-0.1, -0.05) is 0 Å². The van der Waals surface area contributed by atoms with Gasteiger partial charge in [0, 0.05) is 56.8 Å². The SMILES string of the molecule is CCNC(=NCCc1sc(C)nc1C)N(C)Cc1cnn(C)c1.I. The molecule has 2 heterocycles. The maximum absolute atomic E-state index is 4.75. The lowest BCUT2D eigenvalue weighted by Gasteiger charge is -2.21. The van der Waals surface area contributed by atoms with Crippen LogP contribution < -0.4 is 5.32 Å². The molecule has 2 aromatic heterocycles. The van der Waals surface area contributed by atoms with Crippen molar-refractivity contribution in [3.63, 3.8) is 0 Å². The van der Waals surface area contributed by atoms with Crippen LogP contribution in [0.5, 0.6) is 0 Å². The van der Waals surface area contributed by atoms with Crippen LogP contribution in [-0.4, -0.2) is 45.8 Å². The van der Waals surface area contributed by atoms with Crippen LogP contribution in [0.3, 0.4) is 0 Å². The largest absolute Gasteiger partial charge is 0.357 e. The first-order valence-corrected chi connectivity index (χ1v) is 8.71. The monoisotopic (exact) mass is 462 g/mol. The summed E-state index contributed by atoms with van der Waals surface area (Å²) in [6.45, 7) is 8.62. The van der Waals surface area contributed by atoms with E-state index in [0.29, 0.717) is 0 Å². The van der Waals surface area contributed by atoms with Crippen molar-refractivity contribution >= 4 is 41.3 Å². The summed E-state index contributed by atoms with van der Waals surface area (Å²) in [6, 6.07) is 0. The number of halogens is 1. The number of nitrogens with zero attached hydrogens (tertiary/aromatic N) is 5. The summed E-state index contributed by atoms with van der Waals surface area (Å²) in [5.74, 6) is 0.926. The zero-order valence-electron chi connectivity index (χ0n) is 15.0. The molecule has 0 aliphatic carbocycles. The number of hydrogen-bond donors (Lipinski definition) is 1. The lowest BCUT2D eigenvalue weighted by Crippen LogP contribution is -2.38. The molecule has 0 spiro atoms. The molecule has 134 valence electrons. The first kappa shape index (κ1) is 20.9. The summed E-state index contributed by atoms with van der Waals surface area (Å²) < 4.78 is 1.82. The Balaban J connectivity index is 0.00000288. The van der Waals surface area contributed by atoms with Crippen molar-refractivity contribution in [1.29, 1.82) is 0 Å². The molecule has 24 heavy (non-hydrogen) atoms. The minimum Gasteiger partial charge on any atom is -0.357 e.